The zero-order valence-corrected chi connectivity index (χ0v) is 10.4. The minimum Gasteiger partial charge on any atom is -0.313 e. The van der Waals surface area contributed by atoms with E-state index in [1.165, 1.54) is 37.7 Å². The van der Waals surface area contributed by atoms with E-state index in [1.807, 2.05) is 0 Å². The van der Waals surface area contributed by atoms with E-state index in [1.54, 1.807) is 11.3 Å². The van der Waals surface area contributed by atoms with Crippen LogP contribution in [0.5, 0.6) is 0 Å². The second kappa shape index (κ2) is 5.66. The second-order valence-electron chi connectivity index (χ2n) is 4.54. The summed E-state index contributed by atoms with van der Waals surface area (Å²) in [5.41, 5.74) is 1.48. The fraction of sp³-hybridized carbons (Fsp3) is 0.692. The Kier molecular flexibility index (Phi) is 4.21. The van der Waals surface area contributed by atoms with Crippen LogP contribution in [0.2, 0.25) is 0 Å². The highest BCUT2D eigenvalue weighted by Gasteiger charge is 2.24. The van der Waals surface area contributed by atoms with Crippen molar-refractivity contribution in [3.63, 3.8) is 0 Å². The van der Waals surface area contributed by atoms with Crippen molar-refractivity contribution < 1.29 is 0 Å². The van der Waals surface area contributed by atoms with Crippen molar-refractivity contribution in [3.8, 4) is 0 Å². The Hall–Kier alpha value is -0.340. The predicted octanol–water partition coefficient (Wildman–Crippen LogP) is 3.46. The molecule has 1 fully saturated rings. The topological polar surface area (TPSA) is 12.0 Å². The summed E-state index contributed by atoms with van der Waals surface area (Å²) in [6, 6.07) is 3.03. The molecule has 2 atom stereocenters. The summed E-state index contributed by atoms with van der Waals surface area (Å²) >= 11 is 1.80. The molecule has 0 radical (unpaired) electrons. The molecule has 0 spiro atoms. The third-order valence-electron chi connectivity index (χ3n) is 3.58. The zero-order chi connectivity index (χ0) is 10.5. The molecule has 2 unspecified atom stereocenters. The molecular weight excluding hydrogens is 202 g/mol. The van der Waals surface area contributed by atoms with Crippen molar-refractivity contribution in [2.75, 3.05) is 6.54 Å². The largest absolute Gasteiger partial charge is 0.313 e. The van der Waals surface area contributed by atoms with Crippen LogP contribution in [0, 0.1) is 5.92 Å². The van der Waals surface area contributed by atoms with E-state index in [-0.39, 0.29) is 0 Å². The normalized spacial score (nSPS) is 25.9. The lowest BCUT2D eigenvalue weighted by atomic mass is 10.0. The van der Waals surface area contributed by atoms with E-state index < -0.39 is 0 Å². The van der Waals surface area contributed by atoms with Crippen LogP contribution in [-0.2, 0) is 6.42 Å². The average molecular weight is 223 g/mol. The SMILES string of the molecule is CCC1CCCC1NCCc1ccsc1. The van der Waals surface area contributed by atoms with Crippen molar-refractivity contribution in [2.24, 2.45) is 5.92 Å². The number of thiophene rings is 1. The molecule has 0 aliphatic heterocycles. The van der Waals surface area contributed by atoms with Gasteiger partial charge in [0.15, 0.2) is 0 Å². The van der Waals surface area contributed by atoms with Gasteiger partial charge in [-0.1, -0.05) is 19.8 Å². The zero-order valence-electron chi connectivity index (χ0n) is 9.54. The highest BCUT2D eigenvalue weighted by atomic mass is 32.1. The highest BCUT2D eigenvalue weighted by Crippen LogP contribution is 2.27. The average Bonchev–Trinajstić information content (AvgIpc) is 2.88. The molecule has 2 heteroatoms. The van der Waals surface area contributed by atoms with Crippen LogP contribution in [-0.4, -0.2) is 12.6 Å². The molecule has 2 rings (SSSR count). The van der Waals surface area contributed by atoms with Crippen molar-refractivity contribution in [1.82, 2.24) is 5.32 Å². The summed E-state index contributed by atoms with van der Waals surface area (Å²) in [6.45, 7) is 3.47. The summed E-state index contributed by atoms with van der Waals surface area (Å²) < 4.78 is 0. The maximum absolute atomic E-state index is 3.73. The van der Waals surface area contributed by atoms with Crippen LogP contribution in [0.4, 0.5) is 0 Å². The Balaban J connectivity index is 1.69. The summed E-state index contributed by atoms with van der Waals surface area (Å²) in [6.07, 6.45) is 6.79. The van der Waals surface area contributed by atoms with E-state index in [0.717, 1.165) is 18.5 Å². The van der Waals surface area contributed by atoms with Crippen LogP contribution in [0.3, 0.4) is 0 Å². The fourth-order valence-electron chi connectivity index (χ4n) is 2.63. The van der Waals surface area contributed by atoms with Gasteiger partial charge in [-0.25, -0.2) is 0 Å². The lowest BCUT2D eigenvalue weighted by Gasteiger charge is -2.19. The van der Waals surface area contributed by atoms with Gasteiger partial charge in [-0.15, -0.1) is 0 Å². The van der Waals surface area contributed by atoms with Crippen LogP contribution < -0.4 is 5.32 Å². The smallest absolute Gasteiger partial charge is 0.00953 e. The molecule has 1 saturated carbocycles. The number of rotatable bonds is 5. The number of hydrogen-bond donors (Lipinski definition) is 1. The van der Waals surface area contributed by atoms with Crippen LogP contribution in [0.15, 0.2) is 16.8 Å². The summed E-state index contributed by atoms with van der Waals surface area (Å²) in [4.78, 5) is 0. The van der Waals surface area contributed by atoms with Gasteiger partial charge in [0.25, 0.3) is 0 Å². The summed E-state index contributed by atoms with van der Waals surface area (Å²) in [5, 5.41) is 8.15. The molecule has 84 valence electrons. The summed E-state index contributed by atoms with van der Waals surface area (Å²) in [7, 11) is 0. The van der Waals surface area contributed by atoms with Crippen molar-refractivity contribution in [1.29, 1.82) is 0 Å². The molecule has 1 aliphatic rings. The molecule has 1 N–H and O–H groups in total. The maximum Gasteiger partial charge on any atom is 0.00953 e. The second-order valence-corrected chi connectivity index (χ2v) is 5.32. The first-order valence-electron chi connectivity index (χ1n) is 6.14. The van der Waals surface area contributed by atoms with E-state index in [2.05, 4.69) is 29.1 Å². The van der Waals surface area contributed by atoms with Gasteiger partial charge in [0.2, 0.25) is 0 Å². The first-order valence-corrected chi connectivity index (χ1v) is 7.09. The molecule has 1 nitrogen and oxygen atoms in total. The number of nitrogens with one attached hydrogen (secondary N) is 1. The minimum absolute atomic E-state index is 0.800. The molecular formula is C13H21NS. The number of hydrogen-bond acceptors (Lipinski definition) is 2. The van der Waals surface area contributed by atoms with Crippen LogP contribution in [0.1, 0.15) is 38.2 Å². The van der Waals surface area contributed by atoms with E-state index in [4.69, 9.17) is 0 Å². The molecule has 0 saturated heterocycles. The third-order valence-corrected chi connectivity index (χ3v) is 4.32. The quantitative estimate of drug-likeness (QED) is 0.806. The molecule has 1 heterocycles. The standard InChI is InChI=1S/C13H21NS/c1-2-12-4-3-5-13(12)14-8-6-11-7-9-15-10-11/h7,9-10,12-14H,2-6,8H2,1H3. The lowest BCUT2D eigenvalue weighted by Crippen LogP contribution is -2.33. The molecule has 1 aliphatic carbocycles. The van der Waals surface area contributed by atoms with Crippen LogP contribution >= 0.6 is 11.3 Å². The lowest BCUT2D eigenvalue weighted by molar-refractivity contribution is 0.393. The summed E-state index contributed by atoms with van der Waals surface area (Å²) in [5.74, 6) is 0.937. The molecule has 1 aromatic rings. The Labute approximate surface area is 96.9 Å². The van der Waals surface area contributed by atoms with Gasteiger partial charge in [0.1, 0.15) is 0 Å². The Morgan fingerprint density at radius 1 is 1.47 bits per heavy atom. The van der Waals surface area contributed by atoms with E-state index in [9.17, 15) is 0 Å². The predicted molar refractivity (Wildman–Crippen MR) is 67.4 cm³/mol. The first kappa shape index (κ1) is 11.2. The first-order chi connectivity index (χ1) is 7.40. The molecule has 15 heavy (non-hydrogen) atoms. The molecule has 0 bridgehead atoms. The monoisotopic (exact) mass is 223 g/mol. The van der Waals surface area contributed by atoms with Crippen LogP contribution in [0.25, 0.3) is 0 Å². The van der Waals surface area contributed by atoms with Gasteiger partial charge in [-0.3, -0.25) is 0 Å². The minimum atomic E-state index is 0.800. The van der Waals surface area contributed by atoms with E-state index >= 15 is 0 Å². The van der Waals surface area contributed by atoms with Gasteiger partial charge >= 0.3 is 0 Å². The van der Waals surface area contributed by atoms with Gasteiger partial charge in [-0.05, 0) is 54.1 Å². The van der Waals surface area contributed by atoms with Gasteiger partial charge < -0.3 is 5.32 Å². The Bertz CT molecular complexity index is 268. The third kappa shape index (κ3) is 3.05. The van der Waals surface area contributed by atoms with Crippen molar-refractivity contribution in [2.45, 2.75) is 45.1 Å². The highest BCUT2D eigenvalue weighted by molar-refractivity contribution is 7.07. The Morgan fingerprint density at radius 2 is 2.40 bits per heavy atom. The van der Waals surface area contributed by atoms with E-state index in [0.29, 0.717) is 0 Å². The maximum atomic E-state index is 3.73. The molecule has 1 aromatic heterocycles. The Morgan fingerprint density at radius 3 is 3.13 bits per heavy atom. The molecule has 0 amide bonds. The van der Waals surface area contributed by atoms with Gasteiger partial charge in [-0.2, -0.15) is 11.3 Å². The molecule has 0 aromatic carbocycles. The fourth-order valence-corrected chi connectivity index (χ4v) is 3.33. The van der Waals surface area contributed by atoms with Gasteiger partial charge in [0, 0.05) is 6.04 Å². The van der Waals surface area contributed by atoms with Gasteiger partial charge in [0.05, 0.1) is 0 Å². The van der Waals surface area contributed by atoms with Crippen molar-refractivity contribution in [3.05, 3.63) is 22.4 Å². The van der Waals surface area contributed by atoms with Crippen molar-refractivity contribution >= 4 is 11.3 Å².